The van der Waals surface area contributed by atoms with Gasteiger partial charge in [0.25, 0.3) is 5.91 Å². The summed E-state index contributed by atoms with van der Waals surface area (Å²) in [5, 5.41) is 5.40. The van der Waals surface area contributed by atoms with Crippen LogP contribution in [-0.4, -0.2) is 50.2 Å². The molecule has 2 amide bonds. The van der Waals surface area contributed by atoms with E-state index in [1.54, 1.807) is 0 Å². The molecule has 1 aliphatic heterocycles. The highest BCUT2D eigenvalue weighted by Crippen LogP contribution is 2.37. The summed E-state index contributed by atoms with van der Waals surface area (Å²) in [5.74, 6) is -1.03. The molecule has 28 heavy (non-hydrogen) atoms. The Labute approximate surface area is 160 Å². The Morgan fingerprint density at radius 3 is 2.68 bits per heavy atom. The molecule has 1 saturated carbocycles. The van der Waals surface area contributed by atoms with Crippen molar-refractivity contribution in [2.24, 2.45) is 5.73 Å². The number of halogens is 3. The lowest BCUT2D eigenvalue weighted by Crippen LogP contribution is -2.52. The van der Waals surface area contributed by atoms with E-state index in [-0.39, 0.29) is 43.7 Å². The molecule has 0 bridgehead atoms. The fourth-order valence-electron chi connectivity index (χ4n) is 3.16. The van der Waals surface area contributed by atoms with Crippen molar-refractivity contribution in [3.63, 3.8) is 0 Å². The number of hydrogen-bond donors (Lipinski definition) is 3. The number of carbonyl (C=O) groups is 2. The highest BCUT2D eigenvalue weighted by Gasteiger charge is 2.36. The molecular formula is C18H23F3N4O3. The number of carbonyl (C=O) groups excluding carboxylic acids is 2. The molecule has 10 heteroatoms. The number of anilines is 2. The van der Waals surface area contributed by atoms with Gasteiger partial charge in [-0.2, -0.15) is 13.2 Å². The Balaban J connectivity index is 1.81. The van der Waals surface area contributed by atoms with Crippen LogP contribution < -0.4 is 21.3 Å². The van der Waals surface area contributed by atoms with Crippen molar-refractivity contribution in [3.05, 3.63) is 23.8 Å². The van der Waals surface area contributed by atoms with Gasteiger partial charge in [0.15, 0.2) is 0 Å². The number of benzene rings is 1. The van der Waals surface area contributed by atoms with Crippen molar-refractivity contribution < 1.29 is 27.5 Å². The lowest BCUT2D eigenvalue weighted by atomic mass is 9.92. The molecule has 2 aliphatic rings. The maximum atomic E-state index is 13.6. The van der Waals surface area contributed by atoms with E-state index in [0.29, 0.717) is 0 Å². The standard InChI is InChI=1S/C18H23F3N4O3/c19-18(20,21)13-8-12(25-6-7-28-10-16(25)26)4-5-14(13)24-17(27)15(9-22)23-11-2-1-3-11/h4-5,8,11,15,23H,1-3,6-7,9-10,22H2,(H,24,27)/t15-/m0/s1. The summed E-state index contributed by atoms with van der Waals surface area (Å²) in [6, 6.07) is 2.80. The van der Waals surface area contributed by atoms with E-state index >= 15 is 0 Å². The molecule has 2 fully saturated rings. The first-order valence-corrected chi connectivity index (χ1v) is 9.16. The fourth-order valence-corrected chi connectivity index (χ4v) is 3.16. The maximum Gasteiger partial charge on any atom is 0.418 e. The third kappa shape index (κ3) is 4.62. The Hall–Kier alpha value is -2.17. The molecule has 0 spiro atoms. The topological polar surface area (TPSA) is 96.7 Å². The Bertz CT molecular complexity index is 737. The van der Waals surface area contributed by atoms with Gasteiger partial charge >= 0.3 is 6.18 Å². The number of nitrogens with two attached hydrogens (primary N) is 1. The quantitative estimate of drug-likeness (QED) is 0.672. The van der Waals surface area contributed by atoms with E-state index < -0.39 is 29.6 Å². The molecule has 0 aromatic heterocycles. The Morgan fingerprint density at radius 1 is 1.36 bits per heavy atom. The molecule has 1 heterocycles. The zero-order valence-electron chi connectivity index (χ0n) is 15.2. The van der Waals surface area contributed by atoms with Gasteiger partial charge in [0.05, 0.1) is 23.9 Å². The van der Waals surface area contributed by atoms with Crippen LogP contribution in [0.3, 0.4) is 0 Å². The first kappa shape index (κ1) is 20.6. The minimum atomic E-state index is -4.70. The molecule has 4 N–H and O–H groups in total. The number of nitrogens with one attached hydrogen (secondary N) is 2. The van der Waals surface area contributed by atoms with Crippen LogP contribution in [-0.2, 0) is 20.5 Å². The number of hydrogen-bond acceptors (Lipinski definition) is 5. The van der Waals surface area contributed by atoms with E-state index in [4.69, 9.17) is 10.5 Å². The smallest absolute Gasteiger partial charge is 0.370 e. The highest BCUT2D eigenvalue weighted by atomic mass is 19.4. The van der Waals surface area contributed by atoms with Crippen LogP contribution in [0.25, 0.3) is 0 Å². The highest BCUT2D eigenvalue weighted by molar-refractivity contribution is 5.98. The first-order chi connectivity index (χ1) is 13.3. The first-order valence-electron chi connectivity index (χ1n) is 9.16. The van der Waals surface area contributed by atoms with Crippen LogP contribution in [0, 0.1) is 0 Å². The van der Waals surface area contributed by atoms with E-state index in [2.05, 4.69) is 10.6 Å². The van der Waals surface area contributed by atoms with Gasteiger partial charge in [-0.25, -0.2) is 0 Å². The van der Waals surface area contributed by atoms with Gasteiger partial charge in [-0.15, -0.1) is 0 Å². The van der Waals surface area contributed by atoms with Gasteiger partial charge in [0, 0.05) is 24.8 Å². The summed E-state index contributed by atoms with van der Waals surface area (Å²) in [7, 11) is 0. The second kappa shape index (κ2) is 8.46. The second-order valence-electron chi connectivity index (χ2n) is 6.90. The number of morpholine rings is 1. The van der Waals surface area contributed by atoms with Crippen molar-refractivity contribution in [2.75, 3.05) is 36.5 Å². The van der Waals surface area contributed by atoms with Crippen molar-refractivity contribution in [2.45, 2.75) is 37.5 Å². The molecule has 7 nitrogen and oxygen atoms in total. The predicted molar refractivity (Wildman–Crippen MR) is 96.9 cm³/mol. The maximum absolute atomic E-state index is 13.6. The van der Waals surface area contributed by atoms with Crippen molar-refractivity contribution in [3.8, 4) is 0 Å². The molecular weight excluding hydrogens is 377 g/mol. The zero-order valence-corrected chi connectivity index (χ0v) is 15.2. The minimum absolute atomic E-state index is 0.0238. The van der Waals surface area contributed by atoms with Crippen molar-refractivity contribution in [1.29, 1.82) is 0 Å². The van der Waals surface area contributed by atoms with Gasteiger partial charge in [0.2, 0.25) is 5.91 Å². The van der Waals surface area contributed by atoms with Crippen molar-refractivity contribution in [1.82, 2.24) is 5.32 Å². The number of nitrogens with zero attached hydrogens (tertiary/aromatic N) is 1. The Morgan fingerprint density at radius 2 is 2.11 bits per heavy atom. The van der Waals surface area contributed by atoms with Crippen molar-refractivity contribution >= 4 is 23.2 Å². The van der Waals surface area contributed by atoms with E-state index in [0.717, 1.165) is 31.4 Å². The monoisotopic (exact) mass is 400 g/mol. The van der Waals surface area contributed by atoms with Gasteiger partial charge in [-0.3, -0.25) is 9.59 Å². The van der Waals surface area contributed by atoms with Gasteiger partial charge in [-0.05, 0) is 31.0 Å². The normalized spacial score (nSPS) is 19.3. The Kier molecular flexibility index (Phi) is 6.21. The van der Waals surface area contributed by atoms with Crippen LogP contribution in [0.2, 0.25) is 0 Å². The number of alkyl halides is 3. The number of amides is 2. The van der Waals surface area contributed by atoms with Crippen LogP contribution in [0.15, 0.2) is 18.2 Å². The van der Waals surface area contributed by atoms with Crippen LogP contribution in [0.1, 0.15) is 24.8 Å². The summed E-state index contributed by atoms with van der Waals surface area (Å²) in [5.41, 5.74) is 4.34. The molecule has 0 unspecified atom stereocenters. The van der Waals surface area contributed by atoms with Gasteiger partial charge in [0.1, 0.15) is 6.61 Å². The molecule has 1 aromatic rings. The summed E-state index contributed by atoms with van der Waals surface area (Å²) in [6.07, 6.45) is -1.82. The lowest BCUT2D eigenvalue weighted by molar-refractivity contribution is -0.137. The number of rotatable bonds is 6. The summed E-state index contributed by atoms with van der Waals surface area (Å²) in [6.45, 7) is 0.216. The van der Waals surface area contributed by atoms with E-state index in [9.17, 15) is 22.8 Å². The third-order valence-electron chi connectivity index (χ3n) is 4.96. The van der Waals surface area contributed by atoms with Crippen LogP contribution in [0.5, 0.6) is 0 Å². The SMILES string of the molecule is NC[C@H](NC1CCC1)C(=O)Nc1ccc(N2CCOCC2=O)cc1C(F)(F)F. The molecule has 1 atom stereocenters. The molecule has 1 aromatic carbocycles. The largest absolute Gasteiger partial charge is 0.418 e. The average Bonchev–Trinajstić information content (AvgIpc) is 2.61. The molecule has 1 saturated heterocycles. The number of ether oxygens (including phenoxy) is 1. The van der Waals surface area contributed by atoms with Gasteiger partial charge in [-0.1, -0.05) is 6.42 Å². The predicted octanol–water partition coefficient (Wildman–Crippen LogP) is 1.48. The molecule has 3 rings (SSSR count). The van der Waals surface area contributed by atoms with Gasteiger partial charge < -0.3 is 26.0 Å². The third-order valence-corrected chi connectivity index (χ3v) is 4.96. The molecule has 1 aliphatic carbocycles. The second-order valence-corrected chi connectivity index (χ2v) is 6.90. The summed E-state index contributed by atoms with van der Waals surface area (Å²) >= 11 is 0. The van der Waals surface area contributed by atoms with Crippen LogP contribution in [0.4, 0.5) is 24.5 Å². The van der Waals surface area contributed by atoms with Crippen LogP contribution >= 0.6 is 0 Å². The van der Waals surface area contributed by atoms with E-state index in [1.807, 2.05) is 0 Å². The molecule has 154 valence electrons. The molecule has 0 radical (unpaired) electrons. The summed E-state index contributed by atoms with van der Waals surface area (Å²) in [4.78, 5) is 25.6. The minimum Gasteiger partial charge on any atom is -0.370 e. The summed E-state index contributed by atoms with van der Waals surface area (Å²) < 4.78 is 45.7. The zero-order chi connectivity index (χ0) is 20.3. The average molecular weight is 400 g/mol. The fraction of sp³-hybridized carbons (Fsp3) is 0.556. The lowest BCUT2D eigenvalue weighted by Gasteiger charge is -2.31. The van der Waals surface area contributed by atoms with E-state index in [1.165, 1.54) is 11.0 Å².